The van der Waals surface area contributed by atoms with Crippen LogP contribution in [0.1, 0.15) is 115 Å². The molecule has 4 aliphatic carbocycles. The smallest absolute Gasteiger partial charge is 0.255 e. The van der Waals surface area contributed by atoms with E-state index in [1.54, 1.807) is 11.0 Å². The number of aryl methyl sites for hydroxylation is 1. The van der Waals surface area contributed by atoms with Crippen molar-refractivity contribution in [3.05, 3.63) is 75.3 Å². The Kier molecular flexibility index (Phi) is 9.77. The van der Waals surface area contributed by atoms with Crippen LogP contribution in [0.5, 0.6) is 5.75 Å². The van der Waals surface area contributed by atoms with Crippen LogP contribution in [0.2, 0.25) is 0 Å². The molecule has 12 heteroatoms. The summed E-state index contributed by atoms with van der Waals surface area (Å²) in [5, 5.41) is 9.34. The molecule has 3 heterocycles. The fourth-order valence-corrected chi connectivity index (χ4v) is 9.75. The summed E-state index contributed by atoms with van der Waals surface area (Å²) in [6, 6.07) is 12.5. The van der Waals surface area contributed by atoms with Gasteiger partial charge in [0.15, 0.2) is 5.13 Å². The lowest BCUT2D eigenvalue weighted by Crippen LogP contribution is -2.57. The predicted molar refractivity (Wildman–Crippen MR) is 203 cm³/mol. The summed E-state index contributed by atoms with van der Waals surface area (Å²) >= 11 is 1.52. The highest BCUT2D eigenvalue weighted by Crippen LogP contribution is 2.63. The number of piperidine rings is 1. The molecule has 2 bridgehead atoms. The molecule has 0 spiro atoms. The van der Waals surface area contributed by atoms with Gasteiger partial charge in [0, 0.05) is 52.3 Å². The maximum absolute atomic E-state index is 13.1. The zero-order valence-corrected chi connectivity index (χ0v) is 31.4. The minimum absolute atomic E-state index is 0.00960. The van der Waals surface area contributed by atoms with Crippen molar-refractivity contribution in [3.63, 3.8) is 0 Å². The van der Waals surface area contributed by atoms with Crippen molar-refractivity contribution in [1.29, 1.82) is 0 Å². The summed E-state index contributed by atoms with van der Waals surface area (Å²) in [5.74, 6) is 6.61. The van der Waals surface area contributed by atoms with Crippen LogP contribution in [0.3, 0.4) is 0 Å². The molecule has 54 heavy (non-hydrogen) atoms. The Morgan fingerprint density at radius 1 is 1.06 bits per heavy atom. The van der Waals surface area contributed by atoms with E-state index in [-0.39, 0.29) is 53.3 Å². The first-order chi connectivity index (χ1) is 26.1. The maximum atomic E-state index is 13.1. The van der Waals surface area contributed by atoms with E-state index in [9.17, 15) is 24.0 Å². The van der Waals surface area contributed by atoms with Crippen molar-refractivity contribution in [2.45, 2.75) is 114 Å². The molecule has 1 atom stereocenters. The van der Waals surface area contributed by atoms with Gasteiger partial charge in [0.1, 0.15) is 11.8 Å². The molecule has 3 aromatic rings. The van der Waals surface area contributed by atoms with Crippen molar-refractivity contribution in [2.75, 3.05) is 11.9 Å². The minimum atomic E-state index is -0.643. The van der Waals surface area contributed by atoms with Crippen LogP contribution in [0.4, 0.5) is 5.13 Å². The summed E-state index contributed by atoms with van der Waals surface area (Å²) in [6.45, 7) is 2.95. The number of fused-ring (bicyclic) bond motifs is 2. The van der Waals surface area contributed by atoms with Crippen LogP contribution in [-0.4, -0.2) is 57.6 Å². The van der Waals surface area contributed by atoms with Gasteiger partial charge >= 0.3 is 0 Å². The van der Waals surface area contributed by atoms with Crippen LogP contribution < -0.4 is 20.7 Å². The second-order valence-electron chi connectivity index (χ2n) is 15.7. The number of thiazole rings is 1. The number of ether oxygens (including phenoxy) is 1. The first-order valence-corrected chi connectivity index (χ1v) is 20.0. The van der Waals surface area contributed by atoms with Crippen molar-refractivity contribution in [1.82, 2.24) is 20.5 Å². The van der Waals surface area contributed by atoms with Gasteiger partial charge in [-0.25, -0.2) is 4.98 Å². The monoisotopic (exact) mass is 747 g/mol. The number of benzene rings is 2. The number of imide groups is 1. The Balaban J connectivity index is 0.755. The Bertz CT molecular complexity index is 2090. The third-order valence-electron chi connectivity index (χ3n) is 11.6. The van der Waals surface area contributed by atoms with Gasteiger partial charge < -0.3 is 20.3 Å². The average Bonchev–Trinajstić information content (AvgIpc) is 3.56. The van der Waals surface area contributed by atoms with E-state index in [0.717, 1.165) is 90.8 Å². The highest BCUT2D eigenvalue weighted by Gasteiger charge is 2.63. The lowest BCUT2D eigenvalue weighted by atomic mass is 9.63. The molecule has 6 aliphatic rings. The van der Waals surface area contributed by atoms with E-state index in [1.807, 2.05) is 36.4 Å². The molecular formula is C42H45N5O6S. The fraction of sp³-hybridized carbons (Fsp3) is 0.476. The normalized spacial score (nSPS) is 23.9. The number of carbonyl (C=O) groups excluding carboxylic acids is 5. The number of carbonyl (C=O) groups is 5. The third-order valence-corrected chi connectivity index (χ3v) is 12.5. The van der Waals surface area contributed by atoms with Gasteiger partial charge in [-0.05, 0) is 107 Å². The van der Waals surface area contributed by atoms with Crippen molar-refractivity contribution in [2.24, 2.45) is 5.92 Å². The molecule has 2 aliphatic heterocycles. The molecule has 5 amide bonds. The molecule has 1 aromatic heterocycles. The second-order valence-corrected chi connectivity index (χ2v) is 16.9. The van der Waals surface area contributed by atoms with Gasteiger partial charge in [0.2, 0.25) is 23.6 Å². The van der Waals surface area contributed by atoms with E-state index < -0.39 is 11.9 Å². The van der Waals surface area contributed by atoms with Gasteiger partial charge in [-0.15, -0.1) is 11.3 Å². The number of nitrogens with zero attached hydrogens (tertiary/aromatic N) is 2. The minimum Gasteiger partial charge on any atom is -0.494 e. The number of hydrogen-bond acceptors (Lipinski definition) is 8. The maximum Gasteiger partial charge on any atom is 0.255 e. The number of nitrogens with one attached hydrogen (secondary N) is 3. The molecular weight excluding hydrogens is 703 g/mol. The molecule has 5 fully saturated rings. The van der Waals surface area contributed by atoms with E-state index >= 15 is 0 Å². The number of rotatable bonds is 13. The van der Waals surface area contributed by atoms with Gasteiger partial charge in [0.05, 0.1) is 18.7 Å². The topological polar surface area (TPSA) is 147 Å². The van der Waals surface area contributed by atoms with Gasteiger partial charge in [0.25, 0.3) is 5.91 Å². The van der Waals surface area contributed by atoms with Crippen LogP contribution in [-0.2, 0) is 37.6 Å². The van der Waals surface area contributed by atoms with E-state index in [0.29, 0.717) is 36.7 Å². The lowest BCUT2D eigenvalue weighted by molar-refractivity contribution is -0.137. The summed E-state index contributed by atoms with van der Waals surface area (Å²) in [7, 11) is 0. The second kappa shape index (κ2) is 14.7. The number of hydrogen-bond donors (Lipinski definition) is 3. The molecule has 4 saturated carbocycles. The van der Waals surface area contributed by atoms with E-state index in [1.165, 1.54) is 11.3 Å². The molecule has 280 valence electrons. The molecule has 0 radical (unpaired) electrons. The Morgan fingerprint density at radius 2 is 1.89 bits per heavy atom. The first-order valence-electron chi connectivity index (χ1n) is 19.2. The van der Waals surface area contributed by atoms with Gasteiger partial charge in [-0.2, -0.15) is 0 Å². The van der Waals surface area contributed by atoms with E-state index in [4.69, 9.17) is 9.72 Å². The summed E-state index contributed by atoms with van der Waals surface area (Å²) in [4.78, 5) is 70.0. The van der Waals surface area contributed by atoms with Crippen molar-refractivity contribution >= 4 is 46.0 Å². The molecule has 3 N–H and O–H groups in total. The highest BCUT2D eigenvalue weighted by molar-refractivity contribution is 7.15. The van der Waals surface area contributed by atoms with Crippen LogP contribution in [0.15, 0.2) is 42.5 Å². The number of unbranched alkanes of at least 4 members (excludes halogenated alkanes) is 3. The van der Waals surface area contributed by atoms with Gasteiger partial charge in [-0.1, -0.05) is 30.0 Å². The van der Waals surface area contributed by atoms with Crippen molar-refractivity contribution in [3.8, 4) is 17.6 Å². The van der Waals surface area contributed by atoms with E-state index in [2.05, 4.69) is 34.7 Å². The summed E-state index contributed by atoms with van der Waals surface area (Å²) < 4.78 is 6.01. The third kappa shape index (κ3) is 7.38. The number of amides is 5. The molecule has 9 rings (SSSR count). The molecule has 11 nitrogen and oxygen atoms in total. The largest absolute Gasteiger partial charge is 0.494 e. The SMILES string of the molecule is Cc1sc(NC(=O)Cc2cccc(OCCCCCC#Cc3cccc4c3CN(C3CCC(=O)NC3=O)C4=O)c2)nc1C12CCC(NC(=O)C3CC3)(C1)C2. The van der Waals surface area contributed by atoms with Crippen molar-refractivity contribution < 1.29 is 28.7 Å². The summed E-state index contributed by atoms with van der Waals surface area (Å²) in [5.41, 5.74) is 4.09. The zero-order valence-electron chi connectivity index (χ0n) is 30.6. The number of anilines is 1. The van der Waals surface area contributed by atoms with Crippen LogP contribution in [0.25, 0.3) is 0 Å². The Morgan fingerprint density at radius 3 is 2.70 bits per heavy atom. The average molecular weight is 748 g/mol. The standard InChI is InChI=1S/C42H45N5O6S/c1-26-36(41-18-19-42(24-41,25-41)46-37(50)29-14-15-29)45-40(54-26)44-35(49)22-27-9-7-12-30(21-27)53-20-6-4-2-3-5-10-28-11-8-13-31-32(28)23-47(39(31)52)33-16-17-34(48)43-38(33)51/h7-9,11-13,21,29,33H,2-4,6,14-20,22-25H2,1H3,(H,46,50)(H,43,48,51)(H,44,45,49). The Labute approximate surface area is 319 Å². The van der Waals surface area contributed by atoms with Gasteiger partial charge in [-0.3, -0.25) is 29.3 Å². The highest BCUT2D eigenvalue weighted by atomic mass is 32.1. The number of aromatic nitrogens is 1. The fourth-order valence-electron chi connectivity index (χ4n) is 8.80. The first kappa shape index (κ1) is 36.0. The lowest BCUT2D eigenvalue weighted by Gasteiger charge is -2.47. The zero-order chi connectivity index (χ0) is 37.5. The predicted octanol–water partition coefficient (Wildman–Crippen LogP) is 5.48. The molecule has 1 saturated heterocycles. The summed E-state index contributed by atoms with van der Waals surface area (Å²) in [6.07, 6.45) is 10.1. The molecule has 2 aromatic carbocycles. The van der Waals surface area contributed by atoms with Crippen LogP contribution >= 0.6 is 11.3 Å². The molecule has 1 unspecified atom stereocenters. The Hall–Kier alpha value is -5.02. The van der Waals surface area contributed by atoms with Crippen LogP contribution in [0, 0.1) is 24.7 Å². The quantitative estimate of drug-likeness (QED) is 0.119.